The first-order valence-corrected chi connectivity index (χ1v) is 10.8. The maximum Gasteiger partial charge on any atom is 0.237 e. The Hall–Kier alpha value is -2.12. The van der Waals surface area contributed by atoms with Gasteiger partial charge in [0, 0.05) is 16.0 Å². The summed E-state index contributed by atoms with van der Waals surface area (Å²) in [6, 6.07) is 7.43. The molecular weight excluding hydrogens is 378 g/mol. The zero-order valence-electron chi connectivity index (χ0n) is 15.3. The van der Waals surface area contributed by atoms with E-state index in [1.54, 1.807) is 17.7 Å². The Morgan fingerprint density at radius 1 is 1.30 bits per heavy atom. The molecule has 1 aliphatic carbocycles. The smallest absolute Gasteiger partial charge is 0.237 e. The average molecular weight is 400 g/mol. The maximum absolute atomic E-state index is 12.6. The predicted molar refractivity (Wildman–Crippen MR) is 111 cm³/mol. The summed E-state index contributed by atoms with van der Waals surface area (Å²) in [5, 5.41) is 4.78. The molecule has 1 amide bonds. The van der Waals surface area contributed by atoms with Gasteiger partial charge in [0.2, 0.25) is 5.91 Å². The second-order valence-corrected chi connectivity index (χ2v) is 8.84. The molecule has 0 aliphatic heterocycles. The minimum absolute atomic E-state index is 0.0391. The maximum atomic E-state index is 12.6. The van der Waals surface area contributed by atoms with E-state index in [0.717, 1.165) is 39.5 Å². The van der Waals surface area contributed by atoms with Crippen molar-refractivity contribution in [2.24, 2.45) is 0 Å². The molecule has 0 saturated heterocycles. The van der Waals surface area contributed by atoms with Gasteiger partial charge in [0.25, 0.3) is 0 Å². The monoisotopic (exact) mass is 399 g/mol. The third-order valence-electron chi connectivity index (χ3n) is 4.56. The van der Waals surface area contributed by atoms with Crippen LogP contribution < -0.4 is 10.1 Å². The topological polar surface area (TPSA) is 64.1 Å². The Bertz CT molecular complexity index is 969. The number of ether oxygens (including phenoxy) is 1. The van der Waals surface area contributed by atoms with Crippen LogP contribution in [0.5, 0.6) is 5.75 Å². The van der Waals surface area contributed by atoms with E-state index in [1.807, 2.05) is 38.1 Å². The number of thioether (sulfide) groups is 1. The fraction of sp³-hybridized carbons (Fsp3) is 0.350. The van der Waals surface area contributed by atoms with E-state index >= 15 is 0 Å². The average Bonchev–Trinajstić information content (AvgIpc) is 3.24. The molecule has 2 heterocycles. The van der Waals surface area contributed by atoms with Crippen molar-refractivity contribution in [2.45, 2.75) is 43.4 Å². The third kappa shape index (κ3) is 3.80. The fourth-order valence-electron chi connectivity index (χ4n) is 3.26. The van der Waals surface area contributed by atoms with Crippen LogP contribution >= 0.6 is 23.1 Å². The van der Waals surface area contributed by atoms with Gasteiger partial charge in [0.05, 0.1) is 11.9 Å². The SMILES string of the molecule is CCOc1ccc(NC(=O)[C@H](C)Sc2ncnc3sc4c(c23)CCC4)cc1. The molecule has 0 fully saturated rings. The third-order valence-corrected chi connectivity index (χ3v) is 6.86. The number of amides is 1. The van der Waals surface area contributed by atoms with Gasteiger partial charge in [-0.15, -0.1) is 11.3 Å². The van der Waals surface area contributed by atoms with Crippen molar-refractivity contribution in [3.05, 3.63) is 41.0 Å². The molecule has 1 aromatic carbocycles. The van der Waals surface area contributed by atoms with Crippen LogP contribution in [-0.2, 0) is 17.6 Å². The number of hydrogen-bond donors (Lipinski definition) is 1. The molecule has 0 spiro atoms. The largest absolute Gasteiger partial charge is 0.494 e. The van der Waals surface area contributed by atoms with Crippen molar-refractivity contribution in [3.63, 3.8) is 0 Å². The molecular formula is C20H21N3O2S2. The van der Waals surface area contributed by atoms with E-state index < -0.39 is 0 Å². The number of aromatic nitrogens is 2. The molecule has 140 valence electrons. The molecule has 27 heavy (non-hydrogen) atoms. The lowest BCUT2D eigenvalue weighted by Crippen LogP contribution is -2.22. The van der Waals surface area contributed by atoms with Gasteiger partial charge >= 0.3 is 0 Å². The van der Waals surface area contributed by atoms with Gasteiger partial charge in [-0.1, -0.05) is 11.8 Å². The molecule has 1 aliphatic rings. The van der Waals surface area contributed by atoms with E-state index in [4.69, 9.17) is 4.74 Å². The summed E-state index contributed by atoms with van der Waals surface area (Å²) in [6.07, 6.45) is 5.02. The molecule has 4 rings (SSSR count). The number of nitrogens with zero attached hydrogens (tertiary/aromatic N) is 2. The summed E-state index contributed by atoms with van der Waals surface area (Å²) in [5.74, 6) is 0.760. The molecule has 0 radical (unpaired) electrons. The first kappa shape index (κ1) is 18.3. The lowest BCUT2D eigenvalue weighted by molar-refractivity contribution is -0.115. The van der Waals surface area contributed by atoms with E-state index in [9.17, 15) is 4.79 Å². The number of nitrogens with one attached hydrogen (secondary N) is 1. The number of rotatable bonds is 6. The van der Waals surface area contributed by atoms with Crippen molar-refractivity contribution in [2.75, 3.05) is 11.9 Å². The van der Waals surface area contributed by atoms with Crippen molar-refractivity contribution >= 4 is 44.9 Å². The Morgan fingerprint density at radius 2 is 2.11 bits per heavy atom. The summed E-state index contributed by atoms with van der Waals surface area (Å²) < 4.78 is 5.43. The van der Waals surface area contributed by atoms with Crippen LogP contribution in [0.4, 0.5) is 5.69 Å². The van der Waals surface area contributed by atoms with Gasteiger partial charge in [0.1, 0.15) is 21.9 Å². The number of carbonyl (C=O) groups is 1. The second-order valence-electron chi connectivity index (χ2n) is 6.42. The number of fused-ring (bicyclic) bond motifs is 3. The first-order chi connectivity index (χ1) is 13.2. The van der Waals surface area contributed by atoms with E-state index in [0.29, 0.717) is 6.61 Å². The normalized spacial score (nSPS) is 14.1. The Labute approximate surface area is 166 Å². The lowest BCUT2D eigenvalue weighted by atomic mass is 10.2. The van der Waals surface area contributed by atoms with Gasteiger partial charge in [-0.05, 0) is 62.9 Å². The fourth-order valence-corrected chi connectivity index (χ4v) is 5.50. The molecule has 1 atom stereocenters. The minimum Gasteiger partial charge on any atom is -0.494 e. The van der Waals surface area contributed by atoms with E-state index in [1.165, 1.54) is 28.6 Å². The van der Waals surface area contributed by atoms with Gasteiger partial charge in [-0.25, -0.2) is 9.97 Å². The number of carbonyl (C=O) groups excluding carboxylic acids is 1. The molecule has 2 aromatic heterocycles. The van der Waals surface area contributed by atoms with Crippen LogP contribution in [0.25, 0.3) is 10.2 Å². The summed E-state index contributed by atoms with van der Waals surface area (Å²) in [6.45, 7) is 4.48. The van der Waals surface area contributed by atoms with Crippen molar-refractivity contribution < 1.29 is 9.53 Å². The number of anilines is 1. The van der Waals surface area contributed by atoms with Crippen LogP contribution in [0.2, 0.25) is 0 Å². The molecule has 5 nitrogen and oxygen atoms in total. The van der Waals surface area contributed by atoms with Crippen molar-refractivity contribution in [1.82, 2.24) is 9.97 Å². The van der Waals surface area contributed by atoms with Crippen LogP contribution in [-0.4, -0.2) is 27.7 Å². The standard InChI is InChI=1S/C20H21N3O2S2/c1-3-25-14-9-7-13(8-10-14)23-18(24)12(2)26-19-17-15-5-4-6-16(15)27-20(17)22-11-21-19/h7-12H,3-6H2,1-2H3,(H,23,24)/t12-/m0/s1. The van der Waals surface area contributed by atoms with Crippen LogP contribution in [0.3, 0.4) is 0 Å². The van der Waals surface area contributed by atoms with Gasteiger partial charge in [0.15, 0.2) is 0 Å². The van der Waals surface area contributed by atoms with Crippen LogP contribution in [0.15, 0.2) is 35.6 Å². The highest BCUT2D eigenvalue weighted by molar-refractivity contribution is 8.00. The molecule has 0 saturated carbocycles. The van der Waals surface area contributed by atoms with E-state index in [-0.39, 0.29) is 11.2 Å². The summed E-state index contributed by atoms with van der Waals surface area (Å²) in [7, 11) is 0. The Kier molecular flexibility index (Phi) is 5.31. The zero-order chi connectivity index (χ0) is 18.8. The van der Waals surface area contributed by atoms with Crippen LogP contribution in [0, 0.1) is 0 Å². The summed E-state index contributed by atoms with van der Waals surface area (Å²) in [5.41, 5.74) is 2.15. The lowest BCUT2D eigenvalue weighted by Gasteiger charge is -2.13. The molecule has 0 unspecified atom stereocenters. The summed E-state index contributed by atoms with van der Waals surface area (Å²) in [4.78, 5) is 24.0. The number of hydrogen-bond acceptors (Lipinski definition) is 6. The molecule has 7 heteroatoms. The number of benzene rings is 1. The van der Waals surface area contributed by atoms with Crippen molar-refractivity contribution in [3.8, 4) is 5.75 Å². The Morgan fingerprint density at radius 3 is 2.89 bits per heavy atom. The van der Waals surface area contributed by atoms with E-state index in [2.05, 4.69) is 15.3 Å². The minimum atomic E-state index is -0.258. The number of thiophene rings is 1. The van der Waals surface area contributed by atoms with Gasteiger partial charge in [-0.2, -0.15) is 0 Å². The van der Waals surface area contributed by atoms with Gasteiger partial charge in [-0.3, -0.25) is 4.79 Å². The highest BCUT2D eigenvalue weighted by Crippen LogP contribution is 2.40. The van der Waals surface area contributed by atoms with Crippen LogP contribution in [0.1, 0.15) is 30.7 Å². The molecule has 1 N–H and O–H groups in total. The number of aryl methyl sites for hydroxylation is 2. The summed E-state index contributed by atoms with van der Waals surface area (Å²) >= 11 is 3.27. The quantitative estimate of drug-likeness (QED) is 0.481. The molecule has 3 aromatic rings. The zero-order valence-corrected chi connectivity index (χ0v) is 17.0. The Balaban J connectivity index is 1.48. The first-order valence-electron chi connectivity index (χ1n) is 9.11. The van der Waals surface area contributed by atoms with Gasteiger partial charge < -0.3 is 10.1 Å². The highest BCUT2D eigenvalue weighted by Gasteiger charge is 2.23. The highest BCUT2D eigenvalue weighted by atomic mass is 32.2. The second kappa shape index (κ2) is 7.86. The predicted octanol–water partition coefficient (Wildman–Crippen LogP) is 4.70. The van der Waals surface area contributed by atoms with Crippen molar-refractivity contribution in [1.29, 1.82) is 0 Å². The molecule has 0 bridgehead atoms.